The first kappa shape index (κ1) is 29.3. The van der Waals surface area contributed by atoms with Gasteiger partial charge in [-0.05, 0) is 67.4 Å². The molecule has 0 saturated heterocycles. The molecule has 0 fully saturated rings. The van der Waals surface area contributed by atoms with Crippen molar-refractivity contribution in [1.29, 1.82) is 0 Å². The molecule has 6 rings (SSSR count). The Bertz CT molecular complexity index is 1820. The van der Waals surface area contributed by atoms with Crippen molar-refractivity contribution in [2.75, 3.05) is 17.2 Å². The summed E-state index contributed by atoms with van der Waals surface area (Å²) in [7, 11) is 0. The van der Waals surface area contributed by atoms with Gasteiger partial charge in [-0.3, -0.25) is 4.79 Å². The standard InChI is InChI=1S/C34H30ClN5O3S/c1-3-42-29-19-10-9-18-28(29)37-32(41)30-22(2)36-33-38-34(44-21-24-12-7-8-17-27(24)35)39-40(33)31(30)23-13-11-16-26(20-23)43-25-14-5-4-6-15-25/h4-20,31H,3,21H2,1-2H3,(H,37,41)(H,36,38,39). The van der Waals surface area contributed by atoms with E-state index in [-0.39, 0.29) is 5.91 Å². The van der Waals surface area contributed by atoms with Gasteiger partial charge in [0.15, 0.2) is 0 Å². The number of amides is 1. The minimum Gasteiger partial charge on any atom is -0.492 e. The first-order valence-corrected chi connectivity index (χ1v) is 15.5. The van der Waals surface area contributed by atoms with Gasteiger partial charge < -0.3 is 20.1 Å². The number of halogens is 1. The fourth-order valence-electron chi connectivity index (χ4n) is 4.97. The molecule has 5 aromatic rings. The van der Waals surface area contributed by atoms with Gasteiger partial charge in [-0.25, -0.2) is 4.68 Å². The minimum absolute atomic E-state index is 0.284. The SMILES string of the molecule is CCOc1ccccc1NC(=O)C1=C(C)Nc2nc(SCc3ccccc3Cl)nn2C1c1cccc(Oc2ccccc2)c1. The molecule has 10 heteroatoms. The van der Waals surface area contributed by atoms with Gasteiger partial charge in [0.25, 0.3) is 5.91 Å². The van der Waals surface area contributed by atoms with Crippen LogP contribution in [0.25, 0.3) is 0 Å². The summed E-state index contributed by atoms with van der Waals surface area (Å²) in [6.07, 6.45) is 0. The van der Waals surface area contributed by atoms with Crippen LogP contribution in [0.5, 0.6) is 17.2 Å². The van der Waals surface area contributed by atoms with Crippen molar-refractivity contribution in [2.24, 2.45) is 0 Å². The van der Waals surface area contributed by atoms with E-state index < -0.39 is 6.04 Å². The van der Waals surface area contributed by atoms with Crippen LogP contribution in [0, 0.1) is 0 Å². The van der Waals surface area contributed by atoms with Gasteiger partial charge in [-0.15, -0.1) is 5.10 Å². The molecule has 0 radical (unpaired) electrons. The number of nitrogens with zero attached hydrogens (tertiary/aromatic N) is 3. The number of rotatable bonds is 10. The number of hydrogen-bond acceptors (Lipinski definition) is 7. The highest BCUT2D eigenvalue weighted by atomic mass is 35.5. The fourth-order valence-corrected chi connectivity index (χ4v) is 6.08. The van der Waals surface area contributed by atoms with E-state index in [4.69, 9.17) is 31.2 Å². The number of nitrogens with one attached hydrogen (secondary N) is 2. The number of hydrogen-bond donors (Lipinski definition) is 2. The summed E-state index contributed by atoms with van der Waals surface area (Å²) in [4.78, 5) is 18.9. The molecule has 1 unspecified atom stereocenters. The maximum atomic E-state index is 14.1. The first-order chi connectivity index (χ1) is 21.5. The Morgan fingerprint density at radius 2 is 1.73 bits per heavy atom. The predicted octanol–water partition coefficient (Wildman–Crippen LogP) is 8.34. The number of allylic oxidation sites excluding steroid dienone is 1. The highest BCUT2D eigenvalue weighted by molar-refractivity contribution is 7.98. The second-order valence-electron chi connectivity index (χ2n) is 9.98. The van der Waals surface area contributed by atoms with Gasteiger partial charge in [-0.1, -0.05) is 84.0 Å². The molecule has 2 N–H and O–H groups in total. The second kappa shape index (κ2) is 13.3. The number of carbonyl (C=O) groups excluding carboxylic acids is 1. The molecule has 1 atom stereocenters. The van der Waals surface area contributed by atoms with E-state index in [0.717, 1.165) is 11.1 Å². The number of aromatic nitrogens is 3. The van der Waals surface area contributed by atoms with Crippen LogP contribution in [0.1, 0.15) is 31.0 Å². The van der Waals surface area contributed by atoms with E-state index >= 15 is 0 Å². The minimum atomic E-state index is -0.591. The molecule has 0 bridgehead atoms. The molecule has 8 nitrogen and oxygen atoms in total. The molecule has 1 aliphatic rings. The van der Waals surface area contributed by atoms with E-state index in [1.54, 1.807) is 4.68 Å². The van der Waals surface area contributed by atoms with Gasteiger partial charge >= 0.3 is 0 Å². The summed E-state index contributed by atoms with van der Waals surface area (Å²) in [5.74, 6) is 2.80. The zero-order valence-electron chi connectivity index (χ0n) is 24.2. The third-order valence-electron chi connectivity index (χ3n) is 6.98. The summed E-state index contributed by atoms with van der Waals surface area (Å²) in [6, 6.07) is 31.8. The monoisotopic (exact) mass is 623 g/mol. The van der Waals surface area contributed by atoms with E-state index in [0.29, 0.717) is 62.7 Å². The number of carbonyl (C=O) groups is 1. The summed E-state index contributed by atoms with van der Waals surface area (Å²) in [5.41, 5.74) is 3.55. The Balaban J connectivity index is 1.37. The van der Waals surface area contributed by atoms with Crippen LogP contribution in [0.4, 0.5) is 11.6 Å². The number of para-hydroxylation sites is 3. The Morgan fingerprint density at radius 3 is 2.55 bits per heavy atom. The molecule has 2 heterocycles. The molecule has 0 aliphatic carbocycles. The van der Waals surface area contributed by atoms with Crippen LogP contribution < -0.4 is 20.1 Å². The summed E-state index contributed by atoms with van der Waals surface area (Å²) in [5, 5.41) is 12.5. The van der Waals surface area contributed by atoms with Gasteiger partial charge in [-0.2, -0.15) is 4.98 Å². The molecular weight excluding hydrogens is 594 g/mol. The van der Waals surface area contributed by atoms with E-state index in [2.05, 4.69) is 10.6 Å². The average Bonchev–Trinajstić information content (AvgIpc) is 3.44. The quantitative estimate of drug-likeness (QED) is 0.151. The molecule has 44 heavy (non-hydrogen) atoms. The zero-order valence-corrected chi connectivity index (χ0v) is 25.7. The lowest BCUT2D eigenvalue weighted by Gasteiger charge is -2.29. The number of anilines is 2. The van der Waals surface area contributed by atoms with Crippen LogP contribution in [0.3, 0.4) is 0 Å². The maximum absolute atomic E-state index is 14.1. The molecule has 0 spiro atoms. The Labute approximate surface area is 265 Å². The third-order valence-corrected chi connectivity index (χ3v) is 8.24. The van der Waals surface area contributed by atoms with Crippen molar-refractivity contribution in [3.05, 3.63) is 131 Å². The van der Waals surface area contributed by atoms with Gasteiger partial charge in [0, 0.05) is 16.5 Å². The topological polar surface area (TPSA) is 90.3 Å². The predicted molar refractivity (Wildman–Crippen MR) is 175 cm³/mol. The number of ether oxygens (including phenoxy) is 2. The Morgan fingerprint density at radius 1 is 0.977 bits per heavy atom. The zero-order chi connectivity index (χ0) is 30.5. The smallest absolute Gasteiger partial charge is 0.255 e. The largest absolute Gasteiger partial charge is 0.492 e. The van der Waals surface area contributed by atoms with Crippen molar-refractivity contribution in [3.63, 3.8) is 0 Å². The highest BCUT2D eigenvalue weighted by Gasteiger charge is 2.35. The van der Waals surface area contributed by atoms with Crippen LogP contribution >= 0.6 is 23.4 Å². The summed E-state index contributed by atoms with van der Waals surface area (Å²) < 4.78 is 13.7. The molecule has 222 valence electrons. The lowest BCUT2D eigenvalue weighted by Crippen LogP contribution is -2.31. The molecule has 0 saturated carbocycles. The average molecular weight is 624 g/mol. The number of fused-ring (bicyclic) bond motifs is 1. The van der Waals surface area contributed by atoms with Crippen LogP contribution in [-0.2, 0) is 10.5 Å². The van der Waals surface area contributed by atoms with Crippen LogP contribution in [0.2, 0.25) is 5.02 Å². The van der Waals surface area contributed by atoms with E-state index in [1.165, 1.54) is 11.8 Å². The van der Waals surface area contributed by atoms with Gasteiger partial charge in [0.05, 0.1) is 17.9 Å². The lowest BCUT2D eigenvalue weighted by atomic mass is 9.94. The van der Waals surface area contributed by atoms with Crippen LogP contribution in [-0.4, -0.2) is 27.3 Å². The molecule has 4 aromatic carbocycles. The normalized spacial score (nSPS) is 14.0. The van der Waals surface area contributed by atoms with Gasteiger partial charge in [0.1, 0.15) is 23.3 Å². The Hall–Kier alpha value is -4.73. The van der Waals surface area contributed by atoms with Crippen molar-refractivity contribution in [2.45, 2.75) is 30.8 Å². The van der Waals surface area contributed by atoms with Crippen LogP contribution in [0.15, 0.2) is 120 Å². The van der Waals surface area contributed by atoms with E-state index in [9.17, 15) is 4.79 Å². The Kier molecular flexibility index (Phi) is 8.86. The molecule has 1 amide bonds. The fraction of sp³-hybridized carbons (Fsp3) is 0.147. The van der Waals surface area contributed by atoms with Crippen molar-refractivity contribution >= 4 is 40.9 Å². The first-order valence-electron chi connectivity index (χ1n) is 14.2. The maximum Gasteiger partial charge on any atom is 0.255 e. The van der Waals surface area contributed by atoms with Crippen molar-refractivity contribution < 1.29 is 14.3 Å². The van der Waals surface area contributed by atoms with Gasteiger partial charge in [0.2, 0.25) is 11.1 Å². The van der Waals surface area contributed by atoms with Crippen molar-refractivity contribution in [1.82, 2.24) is 14.8 Å². The molecular formula is C34H30ClN5O3S. The number of benzene rings is 4. The third kappa shape index (κ3) is 6.44. The number of thioether (sulfide) groups is 1. The molecule has 1 aromatic heterocycles. The summed E-state index contributed by atoms with van der Waals surface area (Å²) in [6.45, 7) is 4.25. The highest BCUT2D eigenvalue weighted by Crippen LogP contribution is 2.39. The van der Waals surface area contributed by atoms with E-state index in [1.807, 2.05) is 117 Å². The second-order valence-corrected chi connectivity index (χ2v) is 11.3. The lowest BCUT2D eigenvalue weighted by molar-refractivity contribution is -0.113. The molecule has 1 aliphatic heterocycles. The van der Waals surface area contributed by atoms with Crippen molar-refractivity contribution in [3.8, 4) is 17.2 Å². The summed E-state index contributed by atoms with van der Waals surface area (Å²) >= 11 is 7.87.